The summed E-state index contributed by atoms with van der Waals surface area (Å²) in [6.45, 7) is 6.97. The van der Waals surface area contributed by atoms with Gasteiger partial charge in [-0.05, 0) is 0 Å². The molecule has 0 aromatic heterocycles. The third-order valence-electron chi connectivity index (χ3n) is 1.62. The quantitative estimate of drug-likeness (QED) is 0.637. The van der Waals surface area contributed by atoms with Crippen LogP contribution in [0.5, 0.6) is 0 Å². The molecule has 0 aromatic rings. The summed E-state index contributed by atoms with van der Waals surface area (Å²) in [7, 11) is 0. The molecular weight excluding hydrogens is 236 g/mol. The van der Waals surface area contributed by atoms with Crippen molar-refractivity contribution in [1.29, 1.82) is 0 Å². The summed E-state index contributed by atoms with van der Waals surface area (Å²) in [6, 6.07) is 0. The summed E-state index contributed by atoms with van der Waals surface area (Å²) < 4.78 is 2.65. The predicted molar refractivity (Wildman–Crippen MR) is 49.8 cm³/mol. The first-order valence-electron chi connectivity index (χ1n) is 4.46. The van der Waals surface area contributed by atoms with E-state index < -0.39 is 0 Å². The van der Waals surface area contributed by atoms with Crippen LogP contribution < -0.4 is 0 Å². The molecule has 0 saturated heterocycles. The van der Waals surface area contributed by atoms with Crippen LogP contribution in [0.1, 0.15) is 46.5 Å². The Balaban J connectivity index is 3.30. The van der Waals surface area contributed by atoms with E-state index >= 15 is 0 Å². The molecule has 0 unspecified atom stereocenters. The Bertz CT molecular complexity index is 47.5. The van der Waals surface area contributed by atoms with Gasteiger partial charge >= 0.3 is 75.8 Å². The molecule has 0 aliphatic carbocycles. The van der Waals surface area contributed by atoms with Gasteiger partial charge in [-0.3, -0.25) is 0 Å². The Labute approximate surface area is 75.9 Å². The van der Waals surface area contributed by atoms with Crippen LogP contribution in [0.3, 0.4) is 0 Å². The summed E-state index contributed by atoms with van der Waals surface area (Å²) >= 11 is 0.386. The topological polar surface area (TPSA) is 0 Å². The molecule has 0 heterocycles. The molecule has 0 amide bonds. The maximum atomic E-state index is 2.35. The van der Waals surface area contributed by atoms with Crippen molar-refractivity contribution in [1.82, 2.24) is 0 Å². The van der Waals surface area contributed by atoms with Gasteiger partial charge in [0, 0.05) is 0 Å². The van der Waals surface area contributed by atoms with Crippen LogP contribution >= 0.6 is 0 Å². The van der Waals surface area contributed by atoms with Crippen molar-refractivity contribution >= 4 is 20.9 Å². The fraction of sp³-hybridized carbons (Fsp3) is 1.00. The molecule has 1 heteroatoms. The summed E-state index contributed by atoms with van der Waals surface area (Å²) in [6.07, 6.45) is 5.80. The van der Waals surface area contributed by atoms with Gasteiger partial charge in [-0.15, -0.1) is 0 Å². The first kappa shape index (κ1) is 10.8. The van der Waals surface area contributed by atoms with E-state index in [1.165, 1.54) is 30.2 Å². The van der Waals surface area contributed by atoms with Crippen LogP contribution in [0, 0.1) is 0 Å². The third kappa shape index (κ3) is 5.57. The first-order valence-corrected chi connectivity index (χ1v) is 7.46. The van der Waals surface area contributed by atoms with Crippen molar-refractivity contribution < 1.29 is 0 Å². The van der Waals surface area contributed by atoms with Crippen molar-refractivity contribution in [2.75, 3.05) is 0 Å². The minimum absolute atomic E-state index is 0.386. The molecule has 0 aliphatic rings. The zero-order valence-electron chi connectivity index (χ0n) is 7.52. The van der Waals surface area contributed by atoms with Gasteiger partial charge in [0.05, 0.1) is 0 Å². The summed E-state index contributed by atoms with van der Waals surface area (Å²) in [5.41, 5.74) is 0. The SMILES string of the molecule is CCCC(CCC)[Te]CC. The molecule has 0 atom stereocenters. The van der Waals surface area contributed by atoms with Gasteiger partial charge in [-0.2, -0.15) is 0 Å². The molecule has 0 rings (SSSR count). The zero-order valence-corrected chi connectivity index (χ0v) is 9.85. The molecule has 0 bridgehead atoms. The van der Waals surface area contributed by atoms with E-state index in [-0.39, 0.29) is 0 Å². The van der Waals surface area contributed by atoms with Crippen LogP contribution in [0.15, 0.2) is 0 Å². The molecule has 10 heavy (non-hydrogen) atoms. The van der Waals surface area contributed by atoms with Gasteiger partial charge in [-0.25, -0.2) is 0 Å². The van der Waals surface area contributed by atoms with Crippen LogP contribution in [0.4, 0.5) is 0 Å². The van der Waals surface area contributed by atoms with Crippen molar-refractivity contribution in [3.8, 4) is 0 Å². The Hall–Kier alpha value is 0.790. The second-order valence-corrected chi connectivity index (χ2v) is 7.16. The normalized spacial score (nSPS) is 10.8. The Morgan fingerprint density at radius 2 is 1.50 bits per heavy atom. The van der Waals surface area contributed by atoms with E-state index in [1.807, 2.05) is 0 Å². The Morgan fingerprint density at radius 3 is 1.80 bits per heavy atom. The maximum absolute atomic E-state index is 2.35. The van der Waals surface area contributed by atoms with Gasteiger partial charge in [-0.1, -0.05) is 0 Å². The molecular formula is C9H20Te. The third-order valence-corrected chi connectivity index (χ3v) is 5.27. The molecule has 62 valence electrons. The van der Waals surface area contributed by atoms with E-state index in [0.29, 0.717) is 20.9 Å². The molecule has 0 aromatic carbocycles. The van der Waals surface area contributed by atoms with Crippen LogP contribution in [0.25, 0.3) is 0 Å². The molecule has 0 nitrogen and oxygen atoms in total. The monoisotopic (exact) mass is 258 g/mol. The average Bonchev–Trinajstić information content (AvgIpc) is 1.90. The van der Waals surface area contributed by atoms with E-state index in [4.69, 9.17) is 0 Å². The standard InChI is InChI=1S/C9H20Te/c1-4-7-9(8-5-2)10-6-3/h9H,4-8H2,1-3H3. The summed E-state index contributed by atoms with van der Waals surface area (Å²) in [4.78, 5) is 0. The zero-order chi connectivity index (χ0) is 7.82. The van der Waals surface area contributed by atoms with Crippen LogP contribution in [-0.2, 0) is 0 Å². The van der Waals surface area contributed by atoms with E-state index in [1.54, 1.807) is 0 Å². The van der Waals surface area contributed by atoms with Crippen molar-refractivity contribution in [3.05, 3.63) is 0 Å². The average molecular weight is 256 g/mol. The van der Waals surface area contributed by atoms with Crippen LogP contribution in [0.2, 0.25) is 8.43 Å². The summed E-state index contributed by atoms with van der Waals surface area (Å²) in [5, 5.41) is 0. The van der Waals surface area contributed by atoms with Gasteiger partial charge < -0.3 is 0 Å². The second-order valence-electron chi connectivity index (χ2n) is 2.65. The first-order chi connectivity index (χ1) is 4.85. The number of hydrogen-bond acceptors (Lipinski definition) is 0. The van der Waals surface area contributed by atoms with Gasteiger partial charge in [0.2, 0.25) is 0 Å². The molecule has 0 radical (unpaired) electrons. The molecule has 0 saturated carbocycles. The molecule has 0 N–H and O–H groups in total. The predicted octanol–water partition coefficient (Wildman–Crippen LogP) is 3.52. The molecule has 0 aliphatic heterocycles. The fourth-order valence-corrected chi connectivity index (χ4v) is 4.83. The molecule has 0 fully saturated rings. The van der Waals surface area contributed by atoms with E-state index in [0.717, 1.165) is 3.97 Å². The van der Waals surface area contributed by atoms with E-state index in [9.17, 15) is 0 Å². The Morgan fingerprint density at radius 1 is 1.00 bits per heavy atom. The van der Waals surface area contributed by atoms with E-state index in [2.05, 4.69) is 20.8 Å². The fourth-order valence-electron chi connectivity index (χ4n) is 1.19. The minimum atomic E-state index is 0.386. The Kier molecular flexibility index (Phi) is 8.51. The van der Waals surface area contributed by atoms with Crippen LogP contribution in [-0.4, -0.2) is 20.9 Å². The second kappa shape index (κ2) is 7.89. The number of hydrogen-bond donors (Lipinski definition) is 0. The van der Waals surface area contributed by atoms with Gasteiger partial charge in [0.1, 0.15) is 0 Å². The summed E-state index contributed by atoms with van der Waals surface area (Å²) in [5.74, 6) is 0. The number of rotatable bonds is 6. The van der Waals surface area contributed by atoms with Gasteiger partial charge in [0.25, 0.3) is 0 Å². The molecule has 0 spiro atoms. The van der Waals surface area contributed by atoms with Gasteiger partial charge in [0.15, 0.2) is 0 Å². The van der Waals surface area contributed by atoms with Crippen molar-refractivity contribution in [2.24, 2.45) is 0 Å². The van der Waals surface area contributed by atoms with Crippen molar-refractivity contribution in [2.45, 2.75) is 54.9 Å². The van der Waals surface area contributed by atoms with Crippen molar-refractivity contribution in [3.63, 3.8) is 0 Å².